The zero-order valence-corrected chi connectivity index (χ0v) is 19.2. The standard InChI is InChI=1S/C26H35N2O3/c1-20-16-26(18-28(19-26)24(29)31-25(2,3)4)13-10-23(20)30-22-11-14-27(15-12-22)17-21-8-6-5-7-9-21/h5-9,11-12,14-15,20,23H,10,13,16-19H2,1-4H3/q+1/t20-,23+/m0/s1. The monoisotopic (exact) mass is 423 g/mol. The van der Waals surface area contributed by atoms with Crippen LogP contribution in [0.2, 0.25) is 0 Å². The van der Waals surface area contributed by atoms with Gasteiger partial charge in [-0.05, 0) is 46.0 Å². The van der Waals surface area contributed by atoms with Gasteiger partial charge in [0.15, 0.2) is 18.9 Å². The lowest BCUT2D eigenvalue weighted by molar-refractivity contribution is -0.688. The topological polar surface area (TPSA) is 42.7 Å². The second kappa shape index (κ2) is 8.52. The first-order valence-electron chi connectivity index (χ1n) is 11.4. The van der Waals surface area contributed by atoms with Crippen LogP contribution in [0, 0.1) is 11.3 Å². The molecule has 2 aliphatic rings. The first kappa shape index (κ1) is 21.7. The average molecular weight is 424 g/mol. The van der Waals surface area contributed by atoms with Gasteiger partial charge in [-0.15, -0.1) is 0 Å². The third kappa shape index (κ3) is 5.38. The summed E-state index contributed by atoms with van der Waals surface area (Å²) in [5.74, 6) is 1.40. The summed E-state index contributed by atoms with van der Waals surface area (Å²) in [4.78, 5) is 14.1. The summed E-state index contributed by atoms with van der Waals surface area (Å²) >= 11 is 0. The molecule has 0 bridgehead atoms. The van der Waals surface area contributed by atoms with E-state index in [9.17, 15) is 4.79 Å². The van der Waals surface area contributed by atoms with E-state index in [1.165, 1.54) is 5.56 Å². The zero-order chi connectivity index (χ0) is 22.1. The van der Waals surface area contributed by atoms with Crippen molar-refractivity contribution in [3.8, 4) is 5.75 Å². The van der Waals surface area contributed by atoms with Crippen molar-refractivity contribution in [3.05, 3.63) is 60.4 Å². The summed E-state index contributed by atoms with van der Waals surface area (Å²) in [6.07, 6.45) is 7.44. The van der Waals surface area contributed by atoms with E-state index in [0.29, 0.717) is 5.92 Å². The summed E-state index contributed by atoms with van der Waals surface area (Å²) in [5, 5.41) is 0. The highest BCUT2D eigenvalue weighted by atomic mass is 16.6. The summed E-state index contributed by atoms with van der Waals surface area (Å²) in [7, 11) is 0. The lowest BCUT2D eigenvalue weighted by Gasteiger charge is -2.54. The number of nitrogens with zero attached hydrogens (tertiary/aromatic N) is 2. The number of rotatable bonds is 4. The van der Waals surface area contributed by atoms with Crippen molar-refractivity contribution < 1.29 is 18.8 Å². The zero-order valence-electron chi connectivity index (χ0n) is 19.2. The molecule has 1 aromatic carbocycles. The third-order valence-electron chi connectivity index (χ3n) is 6.41. The van der Waals surface area contributed by atoms with Crippen LogP contribution in [0.1, 0.15) is 52.5 Å². The highest BCUT2D eigenvalue weighted by Crippen LogP contribution is 2.47. The van der Waals surface area contributed by atoms with E-state index in [4.69, 9.17) is 9.47 Å². The number of aromatic nitrogens is 1. The molecule has 1 saturated heterocycles. The Morgan fingerprint density at radius 1 is 1.13 bits per heavy atom. The molecule has 1 aromatic heterocycles. The van der Waals surface area contributed by atoms with Crippen molar-refractivity contribution in [2.75, 3.05) is 13.1 Å². The average Bonchev–Trinajstić information content (AvgIpc) is 2.68. The van der Waals surface area contributed by atoms with Gasteiger partial charge in [0.2, 0.25) is 0 Å². The van der Waals surface area contributed by atoms with Crippen LogP contribution in [0.15, 0.2) is 54.9 Å². The van der Waals surface area contributed by atoms with Gasteiger partial charge in [-0.3, -0.25) is 0 Å². The van der Waals surface area contributed by atoms with Crippen molar-refractivity contribution in [3.63, 3.8) is 0 Å². The first-order chi connectivity index (χ1) is 14.7. The molecule has 5 nitrogen and oxygen atoms in total. The third-order valence-corrected chi connectivity index (χ3v) is 6.41. The molecule has 31 heavy (non-hydrogen) atoms. The molecule has 1 aliphatic heterocycles. The van der Waals surface area contributed by atoms with E-state index in [0.717, 1.165) is 44.6 Å². The number of carbonyl (C=O) groups is 1. The van der Waals surface area contributed by atoms with Crippen LogP contribution in [-0.4, -0.2) is 35.8 Å². The smallest absolute Gasteiger partial charge is 0.410 e. The summed E-state index contributed by atoms with van der Waals surface area (Å²) in [6.45, 7) is 10.5. The highest BCUT2D eigenvalue weighted by Gasteiger charge is 2.50. The van der Waals surface area contributed by atoms with Gasteiger partial charge in [0.25, 0.3) is 0 Å². The molecule has 0 unspecified atom stereocenters. The molecule has 4 rings (SSSR count). The Labute approximate surface area is 186 Å². The van der Waals surface area contributed by atoms with Gasteiger partial charge in [-0.2, -0.15) is 0 Å². The molecule has 1 spiro atoms. The Balaban J connectivity index is 1.27. The lowest BCUT2D eigenvalue weighted by Crippen LogP contribution is -2.61. The van der Waals surface area contributed by atoms with Crippen LogP contribution in [0.4, 0.5) is 4.79 Å². The molecule has 1 amide bonds. The Morgan fingerprint density at radius 3 is 2.42 bits per heavy atom. The number of amides is 1. The van der Waals surface area contributed by atoms with Crippen molar-refractivity contribution in [1.82, 2.24) is 4.90 Å². The number of pyridine rings is 1. The Hall–Kier alpha value is -2.56. The quantitative estimate of drug-likeness (QED) is 0.662. The van der Waals surface area contributed by atoms with Crippen molar-refractivity contribution in [2.45, 2.75) is 65.2 Å². The first-order valence-corrected chi connectivity index (χ1v) is 11.4. The summed E-state index contributed by atoms with van der Waals surface area (Å²) in [5.41, 5.74) is 1.09. The van der Waals surface area contributed by atoms with E-state index in [2.05, 4.69) is 60.3 Å². The van der Waals surface area contributed by atoms with Crippen molar-refractivity contribution >= 4 is 6.09 Å². The fraction of sp³-hybridized carbons (Fsp3) is 0.538. The van der Waals surface area contributed by atoms with Gasteiger partial charge in [0, 0.05) is 36.2 Å². The second-order valence-corrected chi connectivity index (χ2v) is 10.4. The molecular formula is C26H35N2O3+. The maximum Gasteiger partial charge on any atom is 0.410 e. The van der Waals surface area contributed by atoms with Crippen molar-refractivity contribution in [1.29, 1.82) is 0 Å². The molecule has 0 N–H and O–H groups in total. The number of carbonyl (C=O) groups excluding carboxylic acids is 1. The molecule has 166 valence electrons. The molecule has 2 aromatic rings. The fourth-order valence-corrected chi connectivity index (χ4v) is 4.93. The largest absolute Gasteiger partial charge is 0.490 e. The molecule has 2 heterocycles. The van der Waals surface area contributed by atoms with E-state index in [1.807, 2.05) is 31.7 Å². The van der Waals surface area contributed by atoms with Gasteiger partial charge in [0.05, 0.1) is 0 Å². The molecular weight excluding hydrogens is 388 g/mol. The van der Waals surface area contributed by atoms with Gasteiger partial charge >= 0.3 is 6.09 Å². The molecule has 0 radical (unpaired) electrons. The molecule has 5 heteroatoms. The minimum absolute atomic E-state index is 0.183. The highest BCUT2D eigenvalue weighted by molar-refractivity contribution is 5.69. The number of benzene rings is 1. The molecule has 2 atom stereocenters. The van der Waals surface area contributed by atoms with Crippen LogP contribution in [0.5, 0.6) is 5.75 Å². The van der Waals surface area contributed by atoms with E-state index in [1.54, 1.807) is 0 Å². The Morgan fingerprint density at radius 2 is 1.81 bits per heavy atom. The maximum absolute atomic E-state index is 12.3. The van der Waals surface area contributed by atoms with Crippen LogP contribution in [-0.2, 0) is 11.3 Å². The normalized spacial score (nSPS) is 22.6. The maximum atomic E-state index is 12.3. The molecule has 1 aliphatic carbocycles. The molecule has 2 fully saturated rings. The number of ether oxygens (including phenoxy) is 2. The predicted octanol–water partition coefficient (Wildman–Crippen LogP) is 4.83. The van der Waals surface area contributed by atoms with E-state index < -0.39 is 5.60 Å². The summed E-state index contributed by atoms with van der Waals surface area (Å²) in [6, 6.07) is 14.6. The molecule has 1 saturated carbocycles. The van der Waals surface area contributed by atoms with Crippen LogP contribution in [0.3, 0.4) is 0 Å². The van der Waals surface area contributed by atoms with Gasteiger partial charge in [0.1, 0.15) is 17.5 Å². The van der Waals surface area contributed by atoms with Gasteiger partial charge < -0.3 is 14.4 Å². The Bertz CT molecular complexity index is 883. The van der Waals surface area contributed by atoms with E-state index >= 15 is 0 Å². The number of likely N-dealkylation sites (tertiary alicyclic amines) is 1. The SMILES string of the molecule is C[C@H]1CC2(CC[C@H]1Oc1cc[n+](Cc3ccccc3)cc1)CN(C(=O)OC(C)(C)C)C2. The van der Waals surface area contributed by atoms with Crippen LogP contribution >= 0.6 is 0 Å². The van der Waals surface area contributed by atoms with Gasteiger partial charge in [-0.1, -0.05) is 37.3 Å². The fourth-order valence-electron chi connectivity index (χ4n) is 4.93. The Kier molecular flexibility index (Phi) is 5.96. The minimum Gasteiger partial charge on any atom is -0.490 e. The summed E-state index contributed by atoms with van der Waals surface area (Å²) < 4.78 is 14.0. The van der Waals surface area contributed by atoms with E-state index in [-0.39, 0.29) is 17.6 Å². The van der Waals surface area contributed by atoms with Crippen LogP contribution < -0.4 is 9.30 Å². The number of hydrogen-bond donors (Lipinski definition) is 0. The number of hydrogen-bond acceptors (Lipinski definition) is 3. The van der Waals surface area contributed by atoms with Crippen LogP contribution in [0.25, 0.3) is 0 Å². The predicted molar refractivity (Wildman–Crippen MR) is 120 cm³/mol. The second-order valence-electron chi connectivity index (χ2n) is 10.4. The minimum atomic E-state index is -0.437. The lowest BCUT2D eigenvalue weighted by atomic mass is 9.64. The van der Waals surface area contributed by atoms with Gasteiger partial charge in [-0.25, -0.2) is 9.36 Å². The van der Waals surface area contributed by atoms with Crippen molar-refractivity contribution in [2.24, 2.45) is 11.3 Å².